The first-order valence-electron chi connectivity index (χ1n) is 6.81. The number of aromatic amines is 1. The van der Waals surface area contributed by atoms with Crippen molar-refractivity contribution in [2.45, 2.75) is 25.7 Å². The minimum absolute atomic E-state index is 0.0529. The number of carbonyl (C=O) groups is 2. The van der Waals surface area contributed by atoms with Crippen LogP contribution >= 0.6 is 0 Å². The van der Waals surface area contributed by atoms with Crippen molar-refractivity contribution in [2.24, 2.45) is 0 Å². The molecule has 1 heterocycles. The van der Waals surface area contributed by atoms with Crippen molar-refractivity contribution in [3.63, 3.8) is 0 Å². The Labute approximate surface area is 121 Å². The van der Waals surface area contributed by atoms with E-state index < -0.39 is 5.97 Å². The molecule has 0 aliphatic heterocycles. The molecule has 0 radical (unpaired) electrons. The molecule has 1 aromatic heterocycles. The van der Waals surface area contributed by atoms with Crippen molar-refractivity contribution in [2.75, 3.05) is 5.32 Å². The van der Waals surface area contributed by atoms with Gasteiger partial charge in [0.1, 0.15) is 5.69 Å². The fraction of sp³-hybridized carbons (Fsp3) is 0.267. The molecule has 3 N–H and O–H groups in total. The van der Waals surface area contributed by atoms with Gasteiger partial charge in [-0.2, -0.15) is 5.10 Å². The summed E-state index contributed by atoms with van der Waals surface area (Å²) in [5, 5.41) is 17.4. The fourth-order valence-electron chi connectivity index (χ4n) is 2.60. The van der Waals surface area contributed by atoms with E-state index >= 15 is 0 Å². The van der Waals surface area contributed by atoms with Crippen LogP contribution < -0.4 is 5.32 Å². The van der Waals surface area contributed by atoms with Gasteiger partial charge in [-0.05, 0) is 36.0 Å². The van der Waals surface area contributed by atoms with Crippen molar-refractivity contribution in [1.82, 2.24) is 10.2 Å². The smallest absolute Gasteiger partial charge is 0.353 e. The third kappa shape index (κ3) is 2.94. The summed E-state index contributed by atoms with van der Waals surface area (Å²) in [5.74, 6) is -1.10. The summed E-state index contributed by atoms with van der Waals surface area (Å²) in [7, 11) is 0. The first kappa shape index (κ1) is 13.4. The maximum Gasteiger partial charge on any atom is 0.353 e. The molecular formula is C15H15N3O3. The van der Waals surface area contributed by atoms with Gasteiger partial charge in [0.05, 0.1) is 6.42 Å². The predicted octanol–water partition coefficient (Wildman–Crippen LogP) is 1.78. The lowest BCUT2D eigenvalue weighted by molar-refractivity contribution is -0.115. The Balaban J connectivity index is 1.64. The average Bonchev–Trinajstić information content (AvgIpc) is 3.06. The van der Waals surface area contributed by atoms with Crippen LogP contribution in [0.2, 0.25) is 0 Å². The monoisotopic (exact) mass is 285 g/mol. The summed E-state index contributed by atoms with van der Waals surface area (Å²) in [6.45, 7) is 0. The number of hydrogen-bond acceptors (Lipinski definition) is 3. The number of nitrogens with one attached hydrogen (secondary N) is 2. The second kappa shape index (κ2) is 5.40. The Bertz CT molecular complexity index is 706. The Kier molecular flexibility index (Phi) is 3.43. The van der Waals surface area contributed by atoms with Crippen LogP contribution in [0.25, 0.3) is 0 Å². The number of hydrogen-bond donors (Lipinski definition) is 3. The zero-order valence-electron chi connectivity index (χ0n) is 11.3. The molecule has 1 aliphatic rings. The van der Waals surface area contributed by atoms with Gasteiger partial charge >= 0.3 is 5.97 Å². The molecule has 0 saturated carbocycles. The van der Waals surface area contributed by atoms with Gasteiger partial charge in [-0.25, -0.2) is 4.79 Å². The third-order valence-electron chi connectivity index (χ3n) is 3.60. The van der Waals surface area contributed by atoms with Gasteiger partial charge in [-0.1, -0.05) is 18.2 Å². The Hall–Kier alpha value is -2.63. The van der Waals surface area contributed by atoms with E-state index in [9.17, 15) is 9.59 Å². The topological polar surface area (TPSA) is 95.1 Å². The number of carboxylic acid groups (broad SMARTS) is 1. The number of aromatic carboxylic acids is 1. The van der Waals surface area contributed by atoms with Crippen LogP contribution in [0.1, 0.15) is 33.6 Å². The summed E-state index contributed by atoms with van der Waals surface area (Å²) >= 11 is 0. The van der Waals surface area contributed by atoms with Crippen LogP contribution in [-0.2, 0) is 24.1 Å². The number of aryl methyl sites for hydroxylation is 2. The fourth-order valence-corrected chi connectivity index (χ4v) is 2.60. The molecule has 6 nitrogen and oxygen atoms in total. The van der Waals surface area contributed by atoms with E-state index in [-0.39, 0.29) is 23.8 Å². The second-order valence-corrected chi connectivity index (χ2v) is 5.15. The highest BCUT2D eigenvalue weighted by molar-refractivity contribution is 5.93. The van der Waals surface area contributed by atoms with E-state index in [0.717, 1.165) is 18.4 Å². The maximum atomic E-state index is 11.9. The van der Waals surface area contributed by atoms with E-state index in [4.69, 9.17) is 5.11 Å². The lowest BCUT2D eigenvalue weighted by atomic mass is 10.0. The van der Waals surface area contributed by atoms with Gasteiger partial charge in [0.25, 0.3) is 0 Å². The molecule has 0 unspecified atom stereocenters. The minimum atomic E-state index is -1.11. The van der Waals surface area contributed by atoms with E-state index in [2.05, 4.69) is 27.6 Å². The van der Waals surface area contributed by atoms with Gasteiger partial charge in [0.15, 0.2) is 5.82 Å². The standard InChI is InChI=1S/C15H15N3O3/c19-14(16-13-8-12(15(20)21)17-18-13)7-9-4-5-10-2-1-3-11(10)6-9/h4-6,8H,1-3,7H2,(H,20,21)(H2,16,17,18,19). The first-order chi connectivity index (χ1) is 10.1. The first-order valence-corrected chi connectivity index (χ1v) is 6.81. The summed E-state index contributed by atoms with van der Waals surface area (Å²) in [6.07, 6.45) is 3.62. The molecule has 0 fully saturated rings. The van der Waals surface area contributed by atoms with Crippen LogP contribution in [0.5, 0.6) is 0 Å². The number of nitrogens with zero attached hydrogens (tertiary/aromatic N) is 1. The van der Waals surface area contributed by atoms with Crippen LogP contribution in [0, 0.1) is 0 Å². The third-order valence-corrected chi connectivity index (χ3v) is 3.60. The predicted molar refractivity (Wildman–Crippen MR) is 76.3 cm³/mol. The van der Waals surface area contributed by atoms with E-state index in [1.807, 2.05) is 6.07 Å². The van der Waals surface area contributed by atoms with Crippen molar-refractivity contribution in [3.8, 4) is 0 Å². The Morgan fingerprint density at radius 3 is 2.81 bits per heavy atom. The van der Waals surface area contributed by atoms with E-state index in [0.29, 0.717) is 0 Å². The SMILES string of the molecule is O=C(Cc1ccc2c(c1)CCC2)Nc1cc(C(=O)O)[nH]n1. The highest BCUT2D eigenvalue weighted by atomic mass is 16.4. The maximum absolute atomic E-state index is 11.9. The molecule has 3 rings (SSSR count). The average molecular weight is 285 g/mol. The molecule has 2 aromatic rings. The van der Waals surface area contributed by atoms with E-state index in [1.54, 1.807) is 0 Å². The van der Waals surface area contributed by atoms with Crippen LogP contribution in [0.4, 0.5) is 5.82 Å². The Morgan fingerprint density at radius 2 is 2.05 bits per heavy atom. The zero-order chi connectivity index (χ0) is 14.8. The molecule has 21 heavy (non-hydrogen) atoms. The number of carboxylic acids is 1. The van der Waals surface area contributed by atoms with Gasteiger partial charge in [-0.3, -0.25) is 9.89 Å². The summed E-state index contributed by atoms with van der Waals surface area (Å²) in [6, 6.07) is 7.43. The highest BCUT2D eigenvalue weighted by Gasteiger charge is 2.13. The number of anilines is 1. The van der Waals surface area contributed by atoms with Gasteiger partial charge < -0.3 is 10.4 Å². The quantitative estimate of drug-likeness (QED) is 0.798. The van der Waals surface area contributed by atoms with Gasteiger partial charge in [0, 0.05) is 6.07 Å². The van der Waals surface area contributed by atoms with Crippen molar-refractivity contribution < 1.29 is 14.7 Å². The van der Waals surface area contributed by atoms with Crippen LogP contribution in [-0.4, -0.2) is 27.2 Å². The summed E-state index contributed by atoms with van der Waals surface area (Å²) in [5.41, 5.74) is 3.61. The van der Waals surface area contributed by atoms with Crippen molar-refractivity contribution in [3.05, 3.63) is 46.6 Å². The normalized spacial score (nSPS) is 13.0. The number of carbonyl (C=O) groups excluding carboxylic acids is 1. The Morgan fingerprint density at radius 1 is 1.24 bits per heavy atom. The lowest BCUT2D eigenvalue weighted by Crippen LogP contribution is -2.14. The number of benzene rings is 1. The zero-order valence-corrected chi connectivity index (χ0v) is 11.3. The highest BCUT2D eigenvalue weighted by Crippen LogP contribution is 2.23. The summed E-state index contributed by atoms with van der Waals surface area (Å²) in [4.78, 5) is 22.7. The number of aromatic nitrogens is 2. The van der Waals surface area contributed by atoms with Gasteiger partial charge in [0.2, 0.25) is 5.91 Å². The molecule has 1 aliphatic carbocycles. The van der Waals surface area contributed by atoms with E-state index in [1.165, 1.54) is 23.6 Å². The van der Waals surface area contributed by atoms with Crippen LogP contribution in [0.3, 0.4) is 0 Å². The van der Waals surface area contributed by atoms with Crippen LogP contribution in [0.15, 0.2) is 24.3 Å². The molecule has 0 bridgehead atoms. The molecular weight excluding hydrogens is 270 g/mol. The number of H-pyrrole nitrogens is 1. The largest absolute Gasteiger partial charge is 0.477 e. The van der Waals surface area contributed by atoms with Crippen molar-refractivity contribution >= 4 is 17.7 Å². The number of fused-ring (bicyclic) bond motifs is 1. The molecule has 0 spiro atoms. The number of rotatable bonds is 4. The van der Waals surface area contributed by atoms with Gasteiger partial charge in [-0.15, -0.1) is 0 Å². The minimum Gasteiger partial charge on any atom is -0.477 e. The molecule has 0 saturated heterocycles. The molecule has 1 aromatic carbocycles. The number of amides is 1. The molecule has 1 amide bonds. The van der Waals surface area contributed by atoms with Crippen molar-refractivity contribution in [1.29, 1.82) is 0 Å². The molecule has 6 heteroatoms. The second-order valence-electron chi connectivity index (χ2n) is 5.15. The molecule has 108 valence electrons. The molecule has 0 atom stereocenters. The summed E-state index contributed by atoms with van der Waals surface area (Å²) < 4.78 is 0. The lowest BCUT2D eigenvalue weighted by Gasteiger charge is -2.05.